The Bertz CT molecular complexity index is 999. The smallest absolute Gasteiger partial charge is 0.201 e. The lowest BCUT2D eigenvalue weighted by Crippen LogP contribution is -2.30. The predicted molar refractivity (Wildman–Crippen MR) is 128 cm³/mol. The van der Waals surface area contributed by atoms with E-state index in [1.54, 1.807) is 6.07 Å². The Balaban J connectivity index is 1.46. The van der Waals surface area contributed by atoms with Crippen LogP contribution in [0.4, 0.5) is 13.2 Å². The first-order valence-corrected chi connectivity index (χ1v) is 12.1. The molecule has 33 heavy (non-hydrogen) atoms. The number of rotatable bonds is 8. The quantitative estimate of drug-likeness (QED) is 0.363. The summed E-state index contributed by atoms with van der Waals surface area (Å²) in [5, 5.41) is 0. The van der Waals surface area contributed by atoms with E-state index in [-0.39, 0.29) is 23.5 Å². The van der Waals surface area contributed by atoms with E-state index in [9.17, 15) is 8.78 Å². The summed E-state index contributed by atoms with van der Waals surface area (Å²) in [6.45, 7) is 7.41. The summed E-state index contributed by atoms with van der Waals surface area (Å²) in [5.41, 5.74) is 0.946. The van der Waals surface area contributed by atoms with E-state index in [1.807, 2.05) is 12.1 Å². The largest absolute Gasteiger partial charge is 0.486 e. The Hall–Kier alpha value is -2.49. The van der Waals surface area contributed by atoms with Crippen molar-refractivity contribution in [2.24, 2.45) is 17.8 Å². The second-order valence-corrected chi connectivity index (χ2v) is 9.65. The zero-order valence-electron chi connectivity index (χ0n) is 19.2. The van der Waals surface area contributed by atoms with Crippen molar-refractivity contribution in [3.05, 3.63) is 78.7 Å². The fraction of sp³-hybridized carbons (Fsp3) is 0.448. The molecule has 2 aromatic rings. The maximum atomic E-state index is 15.1. The molecule has 176 valence electrons. The lowest BCUT2D eigenvalue weighted by atomic mass is 9.63. The highest BCUT2D eigenvalue weighted by Gasteiger charge is 2.36. The molecule has 2 aliphatic carbocycles. The van der Waals surface area contributed by atoms with E-state index < -0.39 is 17.5 Å². The second kappa shape index (κ2) is 10.6. The molecule has 4 rings (SSSR count). The van der Waals surface area contributed by atoms with Crippen LogP contribution in [0.2, 0.25) is 0 Å². The molecular formula is C29H33F3O. The molecule has 0 heterocycles. The SMILES string of the molecule is C=CCCC1CCC2CC(c3ccc(-c4ccc(OCC=C)c(F)c4F)c(F)c3)CCC2C1. The van der Waals surface area contributed by atoms with E-state index in [0.29, 0.717) is 11.8 Å². The number of halogens is 3. The van der Waals surface area contributed by atoms with Crippen molar-refractivity contribution < 1.29 is 17.9 Å². The number of hydrogen-bond donors (Lipinski definition) is 0. The van der Waals surface area contributed by atoms with Crippen LogP contribution < -0.4 is 4.74 Å². The number of allylic oxidation sites excluding steroid dienone is 1. The van der Waals surface area contributed by atoms with Gasteiger partial charge in [-0.25, -0.2) is 8.78 Å². The fourth-order valence-corrected chi connectivity index (χ4v) is 5.91. The normalized spacial score (nSPS) is 24.7. The fourth-order valence-electron chi connectivity index (χ4n) is 5.91. The van der Waals surface area contributed by atoms with Crippen molar-refractivity contribution in [2.45, 2.75) is 57.3 Å². The van der Waals surface area contributed by atoms with Gasteiger partial charge in [-0.1, -0.05) is 37.3 Å². The summed E-state index contributed by atoms with van der Waals surface area (Å²) in [4.78, 5) is 0. The van der Waals surface area contributed by atoms with Crippen LogP contribution in [0, 0.1) is 35.2 Å². The van der Waals surface area contributed by atoms with Crippen LogP contribution in [0.1, 0.15) is 62.8 Å². The highest BCUT2D eigenvalue weighted by molar-refractivity contribution is 5.66. The van der Waals surface area contributed by atoms with E-state index in [1.165, 1.54) is 56.4 Å². The van der Waals surface area contributed by atoms with Gasteiger partial charge < -0.3 is 4.74 Å². The van der Waals surface area contributed by atoms with Crippen LogP contribution in [0.25, 0.3) is 11.1 Å². The molecule has 4 heteroatoms. The summed E-state index contributed by atoms with van der Waals surface area (Å²) in [6, 6.07) is 7.70. The van der Waals surface area contributed by atoms with Crippen LogP contribution in [0.5, 0.6) is 5.75 Å². The van der Waals surface area contributed by atoms with Gasteiger partial charge >= 0.3 is 0 Å². The van der Waals surface area contributed by atoms with Crippen molar-refractivity contribution in [1.82, 2.24) is 0 Å². The van der Waals surface area contributed by atoms with Gasteiger partial charge in [0.05, 0.1) is 0 Å². The van der Waals surface area contributed by atoms with Crippen molar-refractivity contribution in [2.75, 3.05) is 6.61 Å². The average Bonchev–Trinajstić information content (AvgIpc) is 2.83. The molecular weight excluding hydrogens is 421 g/mol. The molecule has 0 bridgehead atoms. The number of benzene rings is 2. The third-order valence-corrected chi connectivity index (χ3v) is 7.66. The molecule has 0 N–H and O–H groups in total. The Kier molecular flexibility index (Phi) is 7.62. The van der Waals surface area contributed by atoms with Gasteiger partial charge in [0.1, 0.15) is 12.4 Å². The van der Waals surface area contributed by atoms with Crippen LogP contribution in [-0.4, -0.2) is 6.61 Å². The van der Waals surface area contributed by atoms with E-state index in [2.05, 4.69) is 13.2 Å². The molecule has 4 unspecified atom stereocenters. The molecule has 0 amide bonds. The molecule has 2 fully saturated rings. The lowest BCUT2D eigenvalue weighted by molar-refractivity contribution is 0.115. The van der Waals surface area contributed by atoms with Gasteiger partial charge in [-0.3, -0.25) is 0 Å². The van der Waals surface area contributed by atoms with Crippen LogP contribution in [0.15, 0.2) is 55.6 Å². The zero-order chi connectivity index (χ0) is 23.4. The molecule has 2 aliphatic rings. The minimum absolute atomic E-state index is 0.0669. The Labute approximate surface area is 195 Å². The average molecular weight is 455 g/mol. The number of hydrogen-bond acceptors (Lipinski definition) is 1. The molecule has 4 atom stereocenters. The zero-order valence-corrected chi connectivity index (χ0v) is 19.2. The minimum atomic E-state index is -1.11. The molecule has 0 spiro atoms. The van der Waals surface area contributed by atoms with Gasteiger partial charge in [0.15, 0.2) is 11.6 Å². The molecule has 0 saturated heterocycles. The maximum absolute atomic E-state index is 15.1. The third kappa shape index (κ3) is 5.20. The molecule has 0 radical (unpaired) electrons. The first-order valence-electron chi connectivity index (χ1n) is 12.1. The topological polar surface area (TPSA) is 9.23 Å². The van der Waals surface area contributed by atoms with Gasteiger partial charge in [0.25, 0.3) is 0 Å². The first kappa shape index (κ1) is 23.7. The third-order valence-electron chi connectivity index (χ3n) is 7.66. The molecule has 2 saturated carbocycles. The number of fused-ring (bicyclic) bond motifs is 1. The highest BCUT2D eigenvalue weighted by Crippen LogP contribution is 2.48. The van der Waals surface area contributed by atoms with E-state index in [0.717, 1.165) is 36.7 Å². The monoisotopic (exact) mass is 454 g/mol. The summed E-state index contributed by atoms with van der Waals surface area (Å²) < 4.78 is 49.2. The summed E-state index contributed by atoms with van der Waals surface area (Å²) in [6.07, 6.45) is 13.0. The minimum Gasteiger partial charge on any atom is -0.486 e. The van der Waals surface area contributed by atoms with E-state index >= 15 is 4.39 Å². The molecule has 1 nitrogen and oxygen atoms in total. The summed E-state index contributed by atoms with van der Waals surface area (Å²) >= 11 is 0. The lowest BCUT2D eigenvalue weighted by Gasteiger charge is -2.42. The van der Waals surface area contributed by atoms with E-state index in [4.69, 9.17) is 4.74 Å². The first-order chi connectivity index (χ1) is 16.0. The summed E-state index contributed by atoms with van der Waals surface area (Å²) in [7, 11) is 0. The van der Waals surface area contributed by atoms with Crippen molar-refractivity contribution in [3.63, 3.8) is 0 Å². The van der Waals surface area contributed by atoms with Gasteiger partial charge in [0, 0.05) is 11.1 Å². The van der Waals surface area contributed by atoms with Crippen LogP contribution in [-0.2, 0) is 0 Å². The Morgan fingerprint density at radius 3 is 2.36 bits per heavy atom. The van der Waals surface area contributed by atoms with Crippen molar-refractivity contribution in [3.8, 4) is 16.9 Å². The second-order valence-electron chi connectivity index (χ2n) is 9.65. The predicted octanol–water partition coefficient (Wildman–Crippen LogP) is 8.60. The van der Waals surface area contributed by atoms with Gasteiger partial charge in [-0.05, 0) is 92.4 Å². The number of ether oxygens (including phenoxy) is 1. The highest BCUT2D eigenvalue weighted by atomic mass is 19.2. The van der Waals surface area contributed by atoms with Crippen molar-refractivity contribution >= 4 is 0 Å². The van der Waals surface area contributed by atoms with Gasteiger partial charge in [-0.2, -0.15) is 4.39 Å². The Morgan fingerprint density at radius 2 is 1.61 bits per heavy atom. The Morgan fingerprint density at radius 1 is 0.848 bits per heavy atom. The molecule has 0 aromatic heterocycles. The van der Waals surface area contributed by atoms with Crippen LogP contribution in [0.3, 0.4) is 0 Å². The van der Waals surface area contributed by atoms with Gasteiger partial charge in [-0.15, -0.1) is 6.58 Å². The maximum Gasteiger partial charge on any atom is 0.201 e. The van der Waals surface area contributed by atoms with Crippen molar-refractivity contribution in [1.29, 1.82) is 0 Å². The van der Waals surface area contributed by atoms with Gasteiger partial charge in [0.2, 0.25) is 5.82 Å². The summed E-state index contributed by atoms with van der Waals surface area (Å²) in [5.74, 6) is -0.284. The molecule has 0 aliphatic heterocycles. The molecule has 2 aromatic carbocycles. The standard InChI is InChI=1S/C29H33F3O/c1-3-5-6-19-7-8-21-17-22(10-9-20(21)16-19)23-11-12-24(26(30)18-23)25-13-14-27(33-15-4-2)29(32)28(25)31/h3-4,11-14,18-22H,1-2,5-10,15-17H2. The van der Waals surface area contributed by atoms with Crippen LogP contribution >= 0.6 is 0 Å².